The quantitative estimate of drug-likeness (QED) is 0.609. The Bertz CT molecular complexity index is 257. The van der Waals surface area contributed by atoms with Gasteiger partial charge in [-0.25, -0.2) is 9.38 Å². The Balaban J connectivity index is 2.70. The third-order valence-corrected chi connectivity index (χ3v) is 1.18. The van der Waals surface area contributed by atoms with Crippen molar-refractivity contribution < 1.29 is 4.39 Å². The van der Waals surface area contributed by atoms with Crippen LogP contribution < -0.4 is 5.32 Å². The molecule has 3 heteroatoms. The van der Waals surface area contributed by atoms with Crippen LogP contribution in [-0.2, 0) is 0 Å². The number of rotatable bonds is 1. The number of allylic oxidation sites excluding steroid dienone is 1. The van der Waals surface area contributed by atoms with Crippen LogP contribution in [0.2, 0.25) is 0 Å². The lowest BCUT2D eigenvalue weighted by Crippen LogP contribution is -2.11. The SMILES string of the molecule is C=C1C=CNC1=N/C=C(\C)F. The van der Waals surface area contributed by atoms with E-state index in [2.05, 4.69) is 16.9 Å². The van der Waals surface area contributed by atoms with Crippen molar-refractivity contribution in [1.29, 1.82) is 0 Å². The van der Waals surface area contributed by atoms with Crippen LogP contribution in [0.1, 0.15) is 6.92 Å². The van der Waals surface area contributed by atoms with Gasteiger partial charge in [0.1, 0.15) is 11.7 Å². The molecule has 0 saturated carbocycles. The summed E-state index contributed by atoms with van der Waals surface area (Å²) in [7, 11) is 0. The zero-order valence-corrected chi connectivity index (χ0v) is 6.26. The summed E-state index contributed by atoms with van der Waals surface area (Å²) < 4.78 is 12.2. The van der Waals surface area contributed by atoms with Gasteiger partial charge in [0.15, 0.2) is 0 Å². The van der Waals surface area contributed by atoms with E-state index in [1.807, 2.05) is 0 Å². The van der Waals surface area contributed by atoms with Gasteiger partial charge in [-0.3, -0.25) is 0 Å². The van der Waals surface area contributed by atoms with Crippen molar-refractivity contribution in [3.8, 4) is 0 Å². The maximum Gasteiger partial charge on any atom is 0.136 e. The molecule has 0 aromatic carbocycles. The molecular weight excluding hydrogens is 143 g/mol. The predicted octanol–water partition coefficient (Wildman–Crippen LogP) is 1.89. The molecule has 1 aliphatic heterocycles. The van der Waals surface area contributed by atoms with E-state index in [0.717, 1.165) is 11.8 Å². The highest BCUT2D eigenvalue weighted by Crippen LogP contribution is 2.03. The molecule has 0 radical (unpaired) electrons. The van der Waals surface area contributed by atoms with E-state index in [0.29, 0.717) is 5.84 Å². The highest BCUT2D eigenvalue weighted by atomic mass is 19.1. The fraction of sp³-hybridized carbons (Fsp3) is 0.125. The average Bonchev–Trinajstić information content (AvgIpc) is 2.31. The molecule has 0 atom stereocenters. The summed E-state index contributed by atoms with van der Waals surface area (Å²) in [5, 5.41) is 2.82. The first-order valence-electron chi connectivity index (χ1n) is 3.22. The molecule has 0 unspecified atom stereocenters. The van der Waals surface area contributed by atoms with Crippen LogP contribution in [0, 0.1) is 0 Å². The van der Waals surface area contributed by atoms with Crippen LogP contribution >= 0.6 is 0 Å². The van der Waals surface area contributed by atoms with Gasteiger partial charge in [-0.15, -0.1) is 0 Å². The predicted molar refractivity (Wildman–Crippen MR) is 43.7 cm³/mol. The molecule has 1 rings (SSSR count). The molecule has 0 aliphatic carbocycles. The molecule has 0 bridgehead atoms. The summed E-state index contributed by atoms with van der Waals surface area (Å²) in [6.45, 7) is 5.02. The maximum absolute atomic E-state index is 12.2. The number of hydrogen-bond acceptors (Lipinski definition) is 1. The van der Waals surface area contributed by atoms with Crippen LogP contribution in [0.4, 0.5) is 4.39 Å². The van der Waals surface area contributed by atoms with Gasteiger partial charge in [0.2, 0.25) is 0 Å². The van der Waals surface area contributed by atoms with Gasteiger partial charge in [-0.1, -0.05) is 6.58 Å². The molecule has 2 nitrogen and oxygen atoms in total. The van der Waals surface area contributed by atoms with Crippen LogP contribution in [0.3, 0.4) is 0 Å². The van der Waals surface area contributed by atoms with Crippen molar-refractivity contribution in [1.82, 2.24) is 5.32 Å². The Morgan fingerprint density at radius 1 is 1.82 bits per heavy atom. The van der Waals surface area contributed by atoms with E-state index in [4.69, 9.17) is 0 Å². The van der Waals surface area contributed by atoms with Crippen molar-refractivity contribution in [3.63, 3.8) is 0 Å². The number of nitrogens with one attached hydrogen (secondary N) is 1. The zero-order valence-electron chi connectivity index (χ0n) is 6.26. The fourth-order valence-electron chi connectivity index (χ4n) is 0.667. The number of halogens is 1. The summed E-state index contributed by atoms with van der Waals surface area (Å²) >= 11 is 0. The minimum absolute atomic E-state index is 0.320. The second-order valence-electron chi connectivity index (χ2n) is 2.20. The molecule has 0 aromatic heterocycles. The van der Waals surface area contributed by atoms with Crippen LogP contribution in [0.5, 0.6) is 0 Å². The summed E-state index contributed by atoms with van der Waals surface area (Å²) in [6.07, 6.45) is 4.64. The zero-order chi connectivity index (χ0) is 8.27. The molecule has 0 saturated heterocycles. The second-order valence-corrected chi connectivity index (χ2v) is 2.20. The molecule has 0 amide bonds. The molecule has 1 N–H and O–H groups in total. The van der Waals surface area contributed by atoms with E-state index < -0.39 is 0 Å². The largest absolute Gasteiger partial charge is 0.346 e. The van der Waals surface area contributed by atoms with Crippen molar-refractivity contribution >= 4 is 5.84 Å². The van der Waals surface area contributed by atoms with E-state index in [1.165, 1.54) is 6.92 Å². The van der Waals surface area contributed by atoms with Crippen molar-refractivity contribution in [2.45, 2.75) is 6.92 Å². The first-order valence-corrected chi connectivity index (χ1v) is 3.22. The van der Waals surface area contributed by atoms with E-state index in [9.17, 15) is 4.39 Å². The highest BCUT2D eigenvalue weighted by molar-refractivity contribution is 6.03. The lowest BCUT2D eigenvalue weighted by atomic mass is 10.3. The van der Waals surface area contributed by atoms with Crippen LogP contribution in [0.25, 0.3) is 0 Å². The maximum atomic E-state index is 12.2. The average molecular weight is 152 g/mol. The molecule has 58 valence electrons. The molecule has 0 fully saturated rings. The van der Waals surface area contributed by atoms with E-state index in [-0.39, 0.29) is 5.83 Å². The molecule has 0 aromatic rings. The minimum atomic E-state index is -0.320. The van der Waals surface area contributed by atoms with Gasteiger partial charge in [-0.2, -0.15) is 0 Å². The van der Waals surface area contributed by atoms with E-state index in [1.54, 1.807) is 12.3 Å². The Labute approximate surface area is 64.8 Å². The minimum Gasteiger partial charge on any atom is -0.346 e. The Kier molecular flexibility index (Phi) is 2.21. The third kappa shape index (κ3) is 2.04. The summed E-state index contributed by atoms with van der Waals surface area (Å²) in [5.74, 6) is 0.279. The van der Waals surface area contributed by atoms with E-state index >= 15 is 0 Å². The summed E-state index contributed by atoms with van der Waals surface area (Å²) in [6, 6.07) is 0. The summed E-state index contributed by atoms with van der Waals surface area (Å²) in [5.41, 5.74) is 0.766. The number of hydrogen-bond donors (Lipinski definition) is 1. The van der Waals surface area contributed by atoms with Crippen molar-refractivity contribution in [2.24, 2.45) is 4.99 Å². The first-order chi connectivity index (χ1) is 5.20. The first kappa shape index (κ1) is 7.72. The Morgan fingerprint density at radius 2 is 2.55 bits per heavy atom. The Hall–Kier alpha value is -1.38. The molecule has 0 spiro atoms. The highest BCUT2D eigenvalue weighted by Gasteiger charge is 2.03. The standard InChI is InChI=1S/C8H9FN2/c1-6-3-4-10-8(6)11-5-7(2)9/h3-5H,1H2,2H3,(H,10,11)/b7-5+. The Morgan fingerprint density at radius 3 is 3.00 bits per heavy atom. The van der Waals surface area contributed by atoms with Gasteiger partial charge >= 0.3 is 0 Å². The lowest BCUT2D eigenvalue weighted by Gasteiger charge is -1.94. The molecule has 1 aliphatic rings. The third-order valence-electron chi connectivity index (χ3n) is 1.18. The monoisotopic (exact) mass is 152 g/mol. The van der Waals surface area contributed by atoms with Crippen LogP contribution in [-0.4, -0.2) is 5.84 Å². The smallest absolute Gasteiger partial charge is 0.136 e. The number of aliphatic imine (C=N–C) groups is 1. The molecule has 11 heavy (non-hydrogen) atoms. The normalized spacial score (nSPS) is 21.1. The van der Waals surface area contributed by atoms with Gasteiger partial charge in [0.05, 0.1) is 6.20 Å². The fourth-order valence-corrected chi connectivity index (χ4v) is 0.667. The van der Waals surface area contributed by atoms with Gasteiger partial charge < -0.3 is 5.32 Å². The van der Waals surface area contributed by atoms with Gasteiger partial charge in [0.25, 0.3) is 0 Å². The van der Waals surface area contributed by atoms with Gasteiger partial charge in [-0.05, 0) is 13.0 Å². The summed E-state index contributed by atoms with van der Waals surface area (Å²) in [4.78, 5) is 3.81. The van der Waals surface area contributed by atoms with Crippen molar-refractivity contribution in [3.05, 3.63) is 36.5 Å². The molecular formula is C8H9FN2. The molecule has 1 heterocycles. The second kappa shape index (κ2) is 3.14. The topological polar surface area (TPSA) is 24.4 Å². The number of amidine groups is 1. The lowest BCUT2D eigenvalue weighted by molar-refractivity contribution is 0.637. The van der Waals surface area contributed by atoms with Gasteiger partial charge in [0, 0.05) is 11.8 Å². The van der Waals surface area contributed by atoms with Crippen molar-refractivity contribution in [2.75, 3.05) is 0 Å². The van der Waals surface area contributed by atoms with Crippen LogP contribution in [0.15, 0.2) is 41.4 Å². The number of nitrogens with zero attached hydrogens (tertiary/aromatic N) is 1.